The minimum absolute atomic E-state index is 0.420. The highest BCUT2D eigenvalue weighted by atomic mass is 32.1. The van der Waals surface area contributed by atoms with Gasteiger partial charge < -0.3 is 10.5 Å². The van der Waals surface area contributed by atoms with Crippen molar-refractivity contribution in [3.63, 3.8) is 0 Å². The number of nitrogens with two attached hydrogens (primary N) is 1. The van der Waals surface area contributed by atoms with Crippen molar-refractivity contribution in [3.05, 3.63) is 35.3 Å². The summed E-state index contributed by atoms with van der Waals surface area (Å²) in [5.41, 5.74) is 9.39. The monoisotopic (exact) mass is 301 g/mol. The number of thiazole rings is 1. The predicted octanol–water partition coefficient (Wildman–Crippen LogP) is 4.17. The van der Waals surface area contributed by atoms with Gasteiger partial charge in [0.25, 0.3) is 0 Å². The second kappa shape index (κ2) is 5.41. The number of rotatable bonds is 4. The highest BCUT2D eigenvalue weighted by Gasteiger charge is 2.17. The maximum Gasteiger partial charge on any atom is 0.196 e. The third-order valence-electron chi connectivity index (χ3n) is 3.46. The lowest BCUT2D eigenvalue weighted by molar-refractivity contribution is 0.340. The van der Waals surface area contributed by atoms with Crippen molar-refractivity contribution in [1.29, 1.82) is 0 Å². The fourth-order valence-corrected chi connectivity index (χ4v) is 3.45. The summed E-state index contributed by atoms with van der Waals surface area (Å²) < 4.78 is 7.52. The number of nitrogens with zero attached hydrogens (tertiary/aromatic N) is 2. The maximum absolute atomic E-state index is 6.33. The highest BCUT2D eigenvalue weighted by molar-refractivity contribution is 7.15. The molecule has 3 aromatic rings. The van der Waals surface area contributed by atoms with Gasteiger partial charge in [-0.1, -0.05) is 13.8 Å². The molecule has 0 amide bonds. The van der Waals surface area contributed by atoms with Crippen LogP contribution in [0, 0.1) is 0 Å². The van der Waals surface area contributed by atoms with E-state index in [1.54, 1.807) is 11.3 Å². The normalized spacial score (nSPS) is 11.4. The highest BCUT2D eigenvalue weighted by Crippen LogP contribution is 2.33. The van der Waals surface area contributed by atoms with E-state index in [1.807, 2.05) is 31.2 Å². The molecular weight excluding hydrogens is 282 g/mol. The average Bonchev–Trinajstić information content (AvgIpc) is 3.01. The number of aromatic nitrogens is 2. The molecule has 0 spiro atoms. The Morgan fingerprint density at radius 3 is 2.62 bits per heavy atom. The van der Waals surface area contributed by atoms with Gasteiger partial charge in [0.05, 0.1) is 6.61 Å². The molecule has 2 heterocycles. The molecule has 0 atom stereocenters. The van der Waals surface area contributed by atoms with Crippen LogP contribution in [0.4, 0.5) is 5.82 Å². The van der Waals surface area contributed by atoms with E-state index in [9.17, 15) is 0 Å². The Kier molecular flexibility index (Phi) is 3.59. The Hall–Kier alpha value is -2.01. The molecule has 0 radical (unpaired) electrons. The Labute approximate surface area is 128 Å². The maximum atomic E-state index is 6.33. The summed E-state index contributed by atoms with van der Waals surface area (Å²) in [5, 5.41) is 2.13. The first kappa shape index (κ1) is 13.9. The number of hydrogen-bond donors (Lipinski definition) is 1. The molecule has 0 aliphatic carbocycles. The Bertz CT molecular complexity index is 756. The van der Waals surface area contributed by atoms with Gasteiger partial charge in [-0.25, -0.2) is 4.98 Å². The summed E-state index contributed by atoms with van der Waals surface area (Å²) >= 11 is 1.63. The third-order valence-corrected chi connectivity index (χ3v) is 4.30. The van der Waals surface area contributed by atoms with Gasteiger partial charge in [-0.15, -0.1) is 11.3 Å². The molecule has 0 fully saturated rings. The van der Waals surface area contributed by atoms with Crippen LogP contribution in [0.1, 0.15) is 32.4 Å². The van der Waals surface area contributed by atoms with E-state index in [2.05, 4.69) is 28.6 Å². The number of fused-ring (bicyclic) bond motifs is 1. The molecular formula is C16H19N3OS. The van der Waals surface area contributed by atoms with Crippen LogP contribution < -0.4 is 10.5 Å². The number of imidazole rings is 1. The number of hydrogen-bond acceptors (Lipinski definition) is 4. The fraction of sp³-hybridized carbons (Fsp3) is 0.312. The molecule has 0 bridgehead atoms. The van der Waals surface area contributed by atoms with Gasteiger partial charge in [-0.05, 0) is 37.1 Å². The quantitative estimate of drug-likeness (QED) is 0.787. The molecule has 0 aliphatic heterocycles. The van der Waals surface area contributed by atoms with Gasteiger partial charge in [0.2, 0.25) is 0 Å². The molecule has 5 heteroatoms. The molecule has 2 N–H and O–H groups in total. The second-order valence-corrected chi connectivity index (χ2v) is 6.07. The lowest BCUT2D eigenvalue weighted by Gasteiger charge is -2.06. The van der Waals surface area contributed by atoms with E-state index in [0.717, 1.165) is 22.0 Å². The molecule has 0 saturated carbocycles. The SMILES string of the molecule is CCOc1ccc(-c2nc3scc(C(C)C)n3c2N)cc1. The van der Waals surface area contributed by atoms with E-state index in [1.165, 1.54) is 5.69 Å². The fourth-order valence-electron chi connectivity index (χ4n) is 2.39. The van der Waals surface area contributed by atoms with E-state index < -0.39 is 0 Å². The van der Waals surface area contributed by atoms with Crippen molar-refractivity contribution in [2.45, 2.75) is 26.7 Å². The van der Waals surface area contributed by atoms with Gasteiger partial charge >= 0.3 is 0 Å². The summed E-state index contributed by atoms with van der Waals surface area (Å²) in [6.45, 7) is 6.97. The molecule has 0 aliphatic rings. The molecule has 21 heavy (non-hydrogen) atoms. The van der Waals surface area contributed by atoms with Crippen molar-refractivity contribution < 1.29 is 4.74 Å². The number of nitrogen functional groups attached to an aromatic ring is 1. The van der Waals surface area contributed by atoms with Crippen molar-refractivity contribution in [3.8, 4) is 17.0 Å². The van der Waals surface area contributed by atoms with E-state index >= 15 is 0 Å². The lowest BCUT2D eigenvalue weighted by Crippen LogP contribution is -1.99. The smallest absolute Gasteiger partial charge is 0.196 e. The summed E-state index contributed by atoms with van der Waals surface area (Å²) in [4.78, 5) is 5.62. The van der Waals surface area contributed by atoms with Gasteiger partial charge in [0.1, 0.15) is 17.3 Å². The standard InChI is InChI=1S/C16H19N3OS/c1-4-20-12-7-5-11(6-8-12)14-15(17)19-13(10(2)3)9-21-16(19)18-14/h5-10H,4,17H2,1-3H3. The van der Waals surface area contributed by atoms with Crippen LogP contribution in [0.2, 0.25) is 0 Å². The first-order chi connectivity index (χ1) is 10.1. The largest absolute Gasteiger partial charge is 0.494 e. The Morgan fingerprint density at radius 1 is 1.29 bits per heavy atom. The van der Waals surface area contributed by atoms with Crippen LogP contribution in [0.15, 0.2) is 29.6 Å². The first-order valence-corrected chi connectivity index (χ1v) is 7.98. The molecule has 1 aromatic carbocycles. The average molecular weight is 301 g/mol. The van der Waals surface area contributed by atoms with Gasteiger partial charge in [-0.2, -0.15) is 0 Å². The molecule has 0 saturated heterocycles. The zero-order valence-corrected chi connectivity index (χ0v) is 13.3. The summed E-state index contributed by atoms with van der Waals surface area (Å²) in [6.07, 6.45) is 0. The zero-order valence-electron chi connectivity index (χ0n) is 12.5. The molecule has 0 unspecified atom stereocenters. The van der Waals surface area contributed by atoms with E-state index in [0.29, 0.717) is 18.3 Å². The van der Waals surface area contributed by atoms with Crippen molar-refractivity contribution >= 4 is 22.1 Å². The van der Waals surface area contributed by atoms with Gasteiger partial charge in [-0.3, -0.25) is 4.40 Å². The topological polar surface area (TPSA) is 52.5 Å². The summed E-state index contributed by atoms with van der Waals surface area (Å²) in [7, 11) is 0. The van der Waals surface area contributed by atoms with Gasteiger partial charge in [0, 0.05) is 16.6 Å². The summed E-state index contributed by atoms with van der Waals surface area (Å²) in [6, 6.07) is 7.91. The number of ether oxygens (including phenoxy) is 1. The minimum atomic E-state index is 0.420. The van der Waals surface area contributed by atoms with Crippen LogP contribution >= 0.6 is 11.3 Å². The number of anilines is 1. The first-order valence-electron chi connectivity index (χ1n) is 7.10. The van der Waals surface area contributed by atoms with Crippen LogP contribution in [-0.4, -0.2) is 16.0 Å². The van der Waals surface area contributed by atoms with Crippen LogP contribution in [0.3, 0.4) is 0 Å². The van der Waals surface area contributed by atoms with Crippen LogP contribution in [0.5, 0.6) is 5.75 Å². The lowest BCUT2D eigenvalue weighted by atomic mass is 10.1. The van der Waals surface area contributed by atoms with Crippen molar-refractivity contribution in [1.82, 2.24) is 9.38 Å². The second-order valence-electron chi connectivity index (χ2n) is 5.24. The summed E-state index contributed by atoms with van der Waals surface area (Å²) in [5.74, 6) is 1.99. The minimum Gasteiger partial charge on any atom is -0.494 e. The number of benzene rings is 1. The zero-order chi connectivity index (χ0) is 15.0. The van der Waals surface area contributed by atoms with E-state index in [-0.39, 0.29) is 0 Å². The van der Waals surface area contributed by atoms with Crippen LogP contribution in [-0.2, 0) is 0 Å². The molecule has 110 valence electrons. The Balaban J connectivity index is 2.06. The predicted molar refractivity (Wildman–Crippen MR) is 88.2 cm³/mol. The third kappa shape index (κ3) is 2.38. The molecule has 4 nitrogen and oxygen atoms in total. The molecule has 2 aromatic heterocycles. The van der Waals surface area contributed by atoms with Crippen molar-refractivity contribution in [2.75, 3.05) is 12.3 Å². The van der Waals surface area contributed by atoms with Crippen molar-refractivity contribution in [2.24, 2.45) is 0 Å². The van der Waals surface area contributed by atoms with E-state index in [4.69, 9.17) is 10.5 Å². The van der Waals surface area contributed by atoms with Gasteiger partial charge in [0.15, 0.2) is 4.96 Å². The molecule has 3 rings (SSSR count). The van der Waals surface area contributed by atoms with Crippen LogP contribution in [0.25, 0.3) is 16.2 Å². The Morgan fingerprint density at radius 2 is 2.00 bits per heavy atom.